The van der Waals surface area contributed by atoms with Crippen molar-refractivity contribution in [2.24, 2.45) is 0 Å². The van der Waals surface area contributed by atoms with Gasteiger partial charge >= 0.3 is 0 Å². The zero-order valence-electron chi connectivity index (χ0n) is 9.29. The first-order valence-electron chi connectivity index (χ1n) is 5.41. The van der Waals surface area contributed by atoms with E-state index in [2.05, 4.69) is 37.3 Å². The highest BCUT2D eigenvalue weighted by Crippen LogP contribution is 2.29. The first-order valence-corrected chi connectivity index (χ1v) is 5.41. The van der Waals surface area contributed by atoms with Crippen molar-refractivity contribution in [2.75, 3.05) is 0 Å². The van der Waals surface area contributed by atoms with E-state index >= 15 is 0 Å². The van der Waals surface area contributed by atoms with Crippen LogP contribution in [0.1, 0.15) is 31.6 Å². The van der Waals surface area contributed by atoms with Crippen LogP contribution >= 0.6 is 0 Å². The Morgan fingerprint density at radius 2 is 2.20 bits per heavy atom. The van der Waals surface area contributed by atoms with Gasteiger partial charge in [0.15, 0.2) is 0 Å². The van der Waals surface area contributed by atoms with Gasteiger partial charge in [-0.1, -0.05) is 18.2 Å². The Bertz CT molecular complexity index is 430. The van der Waals surface area contributed by atoms with Crippen molar-refractivity contribution in [2.45, 2.75) is 26.7 Å². The summed E-state index contributed by atoms with van der Waals surface area (Å²) in [4.78, 5) is 0. The van der Waals surface area contributed by atoms with Gasteiger partial charge in [-0.2, -0.15) is 0 Å². The maximum absolute atomic E-state index is 5.43. The summed E-state index contributed by atoms with van der Waals surface area (Å²) in [5, 5.41) is 0. The average Bonchev–Trinajstić information content (AvgIpc) is 2.72. The van der Waals surface area contributed by atoms with E-state index in [-0.39, 0.29) is 0 Å². The van der Waals surface area contributed by atoms with Gasteiger partial charge in [0.1, 0.15) is 5.76 Å². The lowest BCUT2D eigenvalue weighted by molar-refractivity contribution is 0.550. The van der Waals surface area contributed by atoms with Crippen LogP contribution in [0.4, 0.5) is 0 Å². The highest BCUT2D eigenvalue weighted by atomic mass is 16.3. The Kier molecular flexibility index (Phi) is 2.91. The Balaban J connectivity index is 2.33. The minimum atomic E-state index is 1.03. The molecule has 1 aliphatic rings. The number of allylic oxidation sites excluding steroid dienone is 5. The molecule has 0 bridgehead atoms. The summed E-state index contributed by atoms with van der Waals surface area (Å²) in [5.41, 5.74) is 4.01. The maximum atomic E-state index is 5.43. The lowest BCUT2D eigenvalue weighted by Crippen LogP contribution is -1.97. The Morgan fingerprint density at radius 1 is 1.33 bits per heavy atom. The van der Waals surface area contributed by atoms with Crippen LogP contribution in [0.25, 0.3) is 6.08 Å². The zero-order valence-corrected chi connectivity index (χ0v) is 9.29. The molecule has 15 heavy (non-hydrogen) atoms. The van der Waals surface area contributed by atoms with Crippen LogP contribution in [0, 0.1) is 0 Å². The Morgan fingerprint density at radius 3 is 2.93 bits per heavy atom. The molecule has 0 saturated carbocycles. The van der Waals surface area contributed by atoms with Gasteiger partial charge in [0.05, 0.1) is 6.26 Å². The van der Waals surface area contributed by atoms with Crippen molar-refractivity contribution >= 4 is 6.08 Å². The third kappa shape index (κ3) is 1.96. The number of fused-ring (bicyclic) bond motifs is 1. The molecule has 0 spiro atoms. The van der Waals surface area contributed by atoms with E-state index in [0.717, 1.165) is 18.6 Å². The molecule has 1 heterocycles. The maximum Gasteiger partial charge on any atom is 0.130 e. The molecule has 1 nitrogen and oxygen atoms in total. The molecule has 0 aliphatic heterocycles. The quantitative estimate of drug-likeness (QED) is 0.654. The fraction of sp³-hybridized carbons (Fsp3) is 0.286. The molecule has 0 radical (unpaired) electrons. The van der Waals surface area contributed by atoms with Crippen LogP contribution in [0.2, 0.25) is 0 Å². The van der Waals surface area contributed by atoms with Gasteiger partial charge in [0.2, 0.25) is 0 Å². The summed E-state index contributed by atoms with van der Waals surface area (Å²) in [5.74, 6) is 1.03. The smallest absolute Gasteiger partial charge is 0.130 e. The van der Waals surface area contributed by atoms with E-state index in [1.165, 1.54) is 16.7 Å². The Hall–Kier alpha value is -1.50. The predicted molar refractivity (Wildman–Crippen MR) is 63.6 cm³/mol. The summed E-state index contributed by atoms with van der Waals surface area (Å²) in [7, 11) is 0. The van der Waals surface area contributed by atoms with Gasteiger partial charge in [-0.3, -0.25) is 0 Å². The molecule has 78 valence electrons. The van der Waals surface area contributed by atoms with Crippen molar-refractivity contribution in [3.63, 3.8) is 0 Å². The largest absolute Gasteiger partial charge is 0.465 e. The van der Waals surface area contributed by atoms with E-state index in [4.69, 9.17) is 4.42 Å². The van der Waals surface area contributed by atoms with Crippen LogP contribution in [0.5, 0.6) is 0 Å². The number of aryl methyl sites for hydroxylation is 1. The van der Waals surface area contributed by atoms with Crippen molar-refractivity contribution in [1.29, 1.82) is 0 Å². The van der Waals surface area contributed by atoms with E-state index < -0.39 is 0 Å². The molecule has 0 amide bonds. The van der Waals surface area contributed by atoms with Gasteiger partial charge in [-0.15, -0.1) is 0 Å². The van der Waals surface area contributed by atoms with E-state index in [9.17, 15) is 0 Å². The van der Waals surface area contributed by atoms with Crippen LogP contribution in [-0.4, -0.2) is 0 Å². The van der Waals surface area contributed by atoms with Gasteiger partial charge in [0.25, 0.3) is 0 Å². The number of hydrogen-bond acceptors (Lipinski definition) is 1. The van der Waals surface area contributed by atoms with E-state index in [0.29, 0.717) is 0 Å². The lowest BCUT2D eigenvalue weighted by Gasteiger charge is -2.13. The van der Waals surface area contributed by atoms with Crippen LogP contribution in [0.15, 0.2) is 46.1 Å². The molecule has 0 aromatic carbocycles. The summed E-state index contributed by atoms with van der Waals surface area (Å²) in [6.07, 6.45) is 12.5. The third-order valence-corrected chi connectivity index (χ3v) is 2.78. The third-order valence-electron chi connectivity index (χ3n) is 2.78. The molecule has 1 aromatic heterocycles. The van der Waals surface area contributed by atoms with Gasteiger partial charge in [0, 0.05) is 0 Å². The summed E-state index contributed by atoms with van der Waals surface area (Å²) >= 11 is 0. The van der Waals surface area contributed by atoms with Crippen LogP contribution in [0.3, 0.4) is 0 Å². The normalized spacial score (nSPS) is 16.7. The molecule has 2 rings (SSSR count). The predicted octanol–water partition coefficient (Wildman–Crippen LogP) is 4.13. The zero-order chi connectivity index (χ0) is 10.7. The van der Waals surface area contributed by atoms with Crippen molar-refractivity contribution in [1.82, 2.24) is 0 Å². The standard InChI is InChI=1S/C14H16O/c1-3-5-11(4-2)13-7-6-12-8-9-15-14(12)10-13/h3-5,8-10H,6-7H2,1-2H3. The first-order chi connectivity index (χ1) is 7.35. The van der Waals surface area contributed by atoms with Crippen LogP contribution in [-0.2, 0) is 6.42 Å². The van der Waals surface area contributed by atoms with Crippen LogP contribution < -0.4 is 0 Å². The van der Waals surface area contributed by atoms with E-state index in [1.807, 2.05) is 6.92 Å². The first kappa shape index (κ1) is 10.0. The monoisotopic (exact) mass is 200 g/mol. The lowest BCUT2D eigenvalue weighted by atomic mass is 9.92. The Labute approximate surface area is 90.8 Å². The molecule has 0 saturated heterocycles. The number of hydrogen-bond donors (Lipinski definition) is 0. The molecule has 0 atom stereocenters. The summed E-state index contributed by atoms with van der Waals surface area (Å²) in [6, 6.07) is 2.06. The topological polar surface area (TPSA) is 13.1 Å². The minimum Gasteiger partial charge on any atom is -0.465 e. The van der Waals surface area contributed by atoms with Gasteiger partial charge in [-0.25, -0.2) is 0 Å². The van der Waals surface area contributed by atoms with Crippen molar-refractivity contribution in [3.05, 3.63) is 53.0 Å². The number of furan rings is 1. The minimum absolute atomic E-state index is 1.03. The van der Waals surface area contributed by atoms with Gasteiger partial charge < -0.3 is 4.42 Å². The molecule has 0 unspecified atom stereocenters. The second-order valence-electron chi connectivity index (χ2n) is 3.72. The highest BCUT2D eigenvalue weighted by Gasteiger charge is 2.13. The highest BCUT2D eigenvalue weighted by molar-refractivity contribution is 5.62. The molecular formula is C14H16O. The summed E-state index contributed by atoms with van der Waals surface area (Å²) in [6.45, 7) is 4.12. The van der Waals surface area contributed by atoms with E-state index in [1.54, 1.807) is 6.26 Å². The average molecular weight is 200 g/mol. The van der Waals surface area contributed by atoms with Gasteiger partial charge in [-0.05, 0) is 55.5 Å². The molecule has 1 heteroatoms. The van der Waals surface area contributed by atoms with Crippen molar-refractivity contribution < 1.29 is 4.42 Å². The fourth-order valence-corrected chi connectivity index (χ4v) is 1.98. The fourth-order valence-electron chi connectivity index (χ4n) is 1.98. The summed E-state index contributed by atoms with van der Waals surface area (Å²) < 4.78 is 5.43. The molecule has 1 aliphatic carbocycles. The second-order valence-corrected chi connectivity index (χ2v) is 3.72. The molecular weight excluding hydrogens is 184 g/mol. The second kappa shape index (κ2) is 4.35. The SMILES string of the molecule is CC=CC(=CC)C1=Cc2occc2CC1. The molecule has 0 fully saturated rings. The number of rotatable bonds is 2. The van der Waals surface area contributed by atoms with Crippen molar-refractivity contribution in [3.8, 4) is 0 Å². The molecule has 0 N–H and O–H groups in total. The molecule has 1 aromatic rings.